The third-order valence-corrected chi connectivity index (χ3v) is 15.2. The number of nitrogens with two attached hydrogens (primary N) is 1. The number of nitrogen functional groups attached to an aromatic ring is 1. The summed E-state index contributed by atoms with van der Waals surface area (Å²) in [5, 5.41) is 13.2. The van der Waals surface area contributed by atoms with Crippen LogP contribution in [0.4, 0.5) is 11.5 Å². The van der Waals surface area contributed by atoms with E-state index < -0.39 is 0 Å². The van der Waals surface area contributed by atoms with Crippen molar-refractivity contribution in [3.8, 4) is 17.0 Å². The van der Waals surface area contributed by atoms with E-state index in [-0.39, 0.29) is 23.8 Å². The average Bonchev–Trinajstić information content (AvgIpc) is 3.85. The van der Waals surface area contributed by atoms with E-state index in [0.717, 1.165) is 111 Å². The van der Waals surface area contributed by atoms with E-state index in [0.29, 0.717) is 40.1 Å². The quantitative estimate of drug-likeness (QED) is 0.107. The molecule has 13 heteroatoms. The van der Waals surface area contributed by atoms with Crippen molar-refractivity contribution in [3.05, 3.63) is 60.6 Å². The number of rotatable bonds is 13. The number of fused-ring (bicyclic) bond motifs is 4. The Kier molecular flexibility index (Phi) is 12.3. The van der Waals surface area contributed by atoms with Gasteiger partial charge >= 0.3 is 0 Å². The van der Waals surface area contributed by atoms with Gasteiger partial charge in [0.15, 0.2) is 5.65 Å². The third kappa shape index (κ3) is 8.80. The van der Waals surface area contributed by atoms with Crippen LogP contribution in [0.2, 0.25) is 0 Å². The number of nitrogens with zero attached hydrogens (tertiary/aromatic N) is 7. The van der Waals surface area contributed by atoms with Gasteiger partial charge in [0.25, 0.3) is 5.91 Å². The third-order valence-electron chi connectivity index (χ3n) is 15.2. The normalized spacial score (nSPS) is 25.2. The second kappa shape index (κ2) is 18.0. The van der Waals surface area contributed by atoms with Crippen LogP contribution in [0.25, 0.3) is 33.2 Å². The number of benzene rings is 2. The average molecular weight is 843 g/mol. The summed E-state index contributed by atoms with van der Waals surface area (Å²) >= 11 is 0. The summed E-state index contributed by atoms with van der Waals surface area (Å²) < 4.78 is 9.77. The lowest BCUT2D eigenvalue weighted by molar-refractivity contribution is -0.125. The molecule has 0 spiro atoms. The van der Waals surface area contributed by atoms with Gasteiger partial charge in [0.05, 0.1) is 24.2 Å². The fraction of sp³-hybridized carbons (Fsp3) is 0.571. The van der Waals surface area contributed by atoms with E-state index in [9.17, 15) is 9.59 Å². The zero-order chi connectivity index (χ0) is 43.0. The van der Waals surface area contributed by atoms with Crippen LogP contribution in [0.15, 0.2) is 54.9 Å². The number of anilines is 2. The number of para-hydroxylation sites is 1. The van der Waals surface area contributed by atoms with Crippen molar-refractivity contribution in [2.75, 3.05) is 57.4 Å². The fourth-order valence-corrected chi connectivity index (χ4v) is 11.8. The van der Waals surface area contributed by atoms with Gasteiger partial charge in [-0.1, -0.05) is 57.4 Å². The molecule has 1 aliphatic heterocycles. The Labute approximate surface area is 366 Å². The fourth-order valence-electron chi connectivity index (χ4n) is 11.8. The molecule has 2 bridgehead atoms. The summed E-state index contributed by atoms with van der Waals surface area (Å²) in [5.74, 6) is 2.83. The number of nitrogens with one attached hydrogen (secondary N) is 2. The van der Waals surface area contributed by atoms with Crippen LogP contribution in [0.1, 0.15) is 107 Å². The minimum atomic E-state index is -0.222. The zero-order valence-electron chi connectivity index (χ0n) is 37.2. The van der Waals surface area contributed by atoms with Crippen molar-refractivity contribution < 1.29 is 14.3 Å². The Balaban J connectivity index is 0.767. The van der Waals surface area contributed by atoms with E-state index >= 15 is 0 Å². The number of amides is 2. The lowest BCUT2D eigenvalue weighted by Crippen LogP contribution is -2.52. The standard InChI is InChI=1S/C49H66N10O3/c1-32(18-19-49(2)29-33-8-7-9-34(26-33)30-49)47(60)51-20-21-57-22-24-58(25-23-57)37-13-15-38(16-14-37)59-46-43(45(50)52-31-53-46)44(55-59)36-12-17-39(42(28-36)62-4)54-48(61)41-27-35-10-5-6-11-40(35)56(41)3/h5-6,10-12,17,27-28,31-34,37-38H,7-9,13-16,18-26,29-30H2,1-4H3,(H,51,60)(H,54,61)(H2,50,52,53)/t32-,33?,34?,37?,38?,49?/m0/s1. The van der Waals surface area contributed by atoms with E-state index in [4.69, 9.17) is 20.6 Å². The van der Waals surface area contributed by atoms with Gasteiger partial charge in [-0.3, -0.25) is 19.4 Å². The summed E-state index contributed by atoms with van der Waals surface area (Å²) in [6.45, 7) is 10.4. The number of hydrogen-bond donors (Lipinski definition) is 3. The van der Waals surface area contributed by atoms with Gasteiger partial charge in [-0.2, -0.15) is 5.10 Å². The summed E-state index contributed by atoms with van der Waals surface area (Å²) in [4.78, 5) is 40.8. The highest BCUT2D eigenvalue weighted by Gasteiger charge is 2.39. The highest BCUT2D eigenvalue weighted by Crippen LogP contribution is 2.51. The largest absolute Gasteiger partial charge is 0.495 e. The smallest absolute Gasteiger partial charge is 0.272 e. The topological polar surface area (TPSA) is 148 Å². The molecule has 3 atom stereocenters. The van der Waals surface area contributed by atoms with Crippen LogP contribution in [0.5, 0.6) is 5.75 Å². The molecule has 9 rings (SSSR count). The number of aryl methyl sites for hydroxylation is 1. The number of aromatic nitrogens is 5. The molecule has 2 unspecified atom stereocenters. The highest BCUT2D eigenvalue weighted by atomic mass is 16.5. The lowest BCUT2D eigenvalue weighted by Gasteiger charge is -2.46. The van der Waals surface area contributed by atoms with Crippen LogP contribution in [-0.2, 0) is 11.8 Å². The molecule has 62 heavy (non-hydrogen) atoms. The number of piperazine rings is 1. The second-order valence-electron chi connectivity index (χ2n) is 19.5. The summed E-state index contributed by atoms with van der Waals surface area (Å²) in [7, 11) is 3.49. The van der Waals surface area contributed by atoms with E-state index in [1.807, 2.05) is 60.1 Å². The SMILES string of the molecule is COc1cc(-c2nn(C3CCC(N4CCN(CCNC(=O)[C@@H](C)CCC5(C)CC6CCCC(C6)C5)CC4)CC3)c3ncnc(N)c23)ccc1NC(=O)c1cc2ccccc2n1C. The van der Waals surface area contributed by atoms with Gasteiger partial charge in [-0.15, -0.1) is 0 Å². The number of carbonyl (C=O) groups is 2. The van der Waals surface area contributed by atoms with Crippen LogP contribution in [0, 0.1) is 23.2 Å². The van der Waals surface area contributed by atoms with Gasteiger partial charge in [0.1, 0.15) is 29.3 Å². The Morgan fingerprint density at radius 3 is 2.44 bits per heavy atom. The van der Waals surface area contributed by atoms with Crippen molar-refractivity contribution in [2.45, 2.75) is 103 Å². The van der Waals surface area contributed by atoms with Crippen LogP contribution < -0.4 is 21.1 Å². The Morgan fingerprint density at radius 2 is 1.69 bits per heavy atom. The van der Waals surface area contributed by atoms with Gasteiger partial charge in [0.2, 0.25) is 5.91 Å². The van der Waals surface area contributed by atoms with Crippen molar-refractivity contribution in [3.63, 3.8) is 0 Å². The van der Waals surface area contributed by atoms with Gasteiger partial charge in [-0.05, 0) is 99.3 Å². The monoisotopic (exact) mass is 843 g/mol. The molecular weight excluding hydrogens is 777 g/mol. The summed E-state index contributed by atoms with van der Waals surface area (Å²) in [6.07, 6.45) is 16.3. The predicted octanol–water partition coefficient (Wildman–Crippen LogP) is 8.07. The van der Waals surface area contributed by atoms with Crippen LogP contribution in [0.3, 0.4) is 0 Å². The molecule has 2 aromatic carbocycles. The molecular formula is C49H66N10O3. The molecule has 4 aliphatic rings. The molecule has 0 radical (unpaired) electrons. The molecule has 2 amide bonds. The number of ether oxygens (including phenoxy) is 1. The maximum Gasteiger partial charge on any atom is 0.272 e. The molecule has 5 aromatic rings. The maximum absolute atomic E-state index is 13.5. The maximum atomic E-state index is 13.5. The molecule has 4 fully saturated rings. The number of hydrogen-bond acceptors (Lipinski definition) is 9. The minimum Gasteiger partial charge on any atom is -0.495 e. The van der Waals surface area contributed by atoms with Gasteiger partial charge < -0.3 is 25.7 Å². The first kappa shape index (κ1) is 42.3. The Morgan fingerprint density at radius 1 is 0.952 bits per heavy atom. The van der Waals surface area contributed by atoms with Crippen molar-refractivity contribution >= 4 is 45.3 Å². The van der Waals surface area contributed by atoms with Crippen molar-refractivity contribution in [1.29, 1.82) is 0 Å². The molecule has 3 aliphatic carbocycles. The molecule has 3 aromatic heterocycles. The summed E-state index contributed by atoms with van der Waals surface area (Å²) in [6, 6.07) is 16.2. The highest BCUT2D eigenvalue weighted by molar-refractivity contribution is 6.07. The van der Waals surface area contributed by atoms with E-state index in [1.165, 1.54) is 51.3 Å². The molecule has 3 saturated carbocycles. The molecule has 330 valence electrons. The van der Waals surface area contributed by atoms with Crippen LogP contribution >= 0.6 is 0 Å². The first-order chi connectivity index (χ1) is 30.1. The number of methoxy groups -OCH3 is 1. The van der Waals surface area contributed by atoms with Crippen molar-refractivity contribution in [2.24, 2.45) is 30.2 Å². The molecule has 4 N–H and O–H groups in total. The van der Waals surface area contributed by atoms with E-state index in [1.54, 1.807) is 7.11 Å². The summed E-state index contributed by atoms with van der Waals surface area (Å²) in [5.41, 5.74) is 11.3. The zero-order valence-corrected chi connectivity index (χ0v) is 37.2. The molecule has 4 heterocycles. The first-order valence-corrected chi connectivity index (χ1v) is 23.3. The second-order valence-corrected chi connectivity index (χ2v) is 19.5. The lowest BCUT2D eigenvalue weighted by atomic mass is 9.60. The minimum absolute atomic E-state index is 0.0784. The Bertz CT molecular complexity index is 2380. The van der Waals surface area contributed by atoms with Gasteiger partial charge in [-0.25, -0.2) is 14.6 Å². The molecule has 13 nitrogen and oxygen atoms in total. The first-order valence-electron chi connectivity index (χ1n) is 23.3. The Hall–Kier alpha value is -5.01. The predicted molar refractivity (Wildman–Crippen MR) is 246 cm³/mol. The van der Waals surface area contributed by atoms with E-state index in [2.05, 4.69) is 43.9 Å². The molecule has 1 saturated heterocycles. The van der Waals surface area contributed by atoms with Crippen LogP contribution in [-0.4, -0.2) is 98.3 Å². The number of carbonyl (C=O) groups excluding carboxylic acids is 2. The van der Waals surface area contributed by atoms with Gasteiger partial charge in [0, 0.05) is 74.7 Å². The van der Waals surface area contributed by atoms with Crippen molar-refractivity contribution in [1.82, 2.24) is 39.4 Å².